The van der Waals surface area contributed by atoms with Gasteiger partial charge in [-0.2, -0.15) is 0 Å². The zero-order chi connectivity index (χ0) is 14.7. The molecule has 2 aromatic carbocycles. The van der Waals surface area contributed by atoms with Gasteiger partial charge in [0.25, 0.3) is 0 Å². The molecule has 3 aromatic rings. The van der Waals surface area contributed by atoms with E-state index in [9.17, 15) is 0 Å². The van der Waals surface area contributed by atoms with Crippen LogP contribution in [0.15, 0.2) is 54.6 Å². The fourth-order valence-corrected chi connectivity index (χ4v) is 2.60. The normalized spacial score (nSPS) is 12.5. The molecule has 21 heavy (non-hydrogen) atoms. The van der Waals surface area contributed by atoms with Crippen LogP contribution in [0.4, 0.5) is 5.95 Å². The minimum atomic E-state index is 0.390. The second-order valence-electron chi connectivity index (χ2n) is 5.55. The van der Waals surface area contributed by atoms with Crippen molar-refractivity contribution >= 4 is 17.0 Å². The van der Waals surface area contributed by atoms with Crippen molar-refractivity contribution in [1.29, 1.82) is 0 Å². The molecule has 1 heterocycles. The Morgan fingerprint density at radius 3 is 2.52 bits per heavy atom. The van der Waals surface area contributed by atoms with Crippen LogP contribution >= 0.6 is 0 Å². The summed E-state index contributed by atoms with van der Waals surface area (Å²) in [6.45, 7) is 2.21. The van der Waals surface area contributed by atoms with Crippen LogP contribution in [0.1, 0.15) is 18.9 Å². The first-order chi connectivity index (χ1) is 10.2. The Labute approximate surface area is 125 Å². The molecule has 0 radical (unpaired) electrons. The summed E-state index contributed by atoms with van der Waals surface area (Å²) in [5.41, 5.74) is 3.59. The number of benzene rings is 2. The summed E-state index contributed by atoms with van der Waals surface area (Å²) >= 11 is 0. The third-order valence-electron chi connectivity index (χ3n) is 3.87. The van der Waals surface area contributed by atoms with Crippen LogP contribution < -0.4 is 5.32 Å². The van der Waals surface area contributed by atoms with E-state index >= 15 is 0 Å². The van der Waals surface area contributed by atoms with Crippen molar-refractivity contribution < 1.29 is 0 Å². The van der Waals surface area contributed by atoms with Gasteiger partial charge in [-0.3, -0.25) is 0 Å². The summed E-state index contributed by atoms with van der Waals surface area (Å²) in [7, 11) is 2.06. The summed E-state index contributed by atoms with van der Waals surface area (Å²) in [6, 6.07) is 19.2. The van der Waals surface area contributed by atoms with Crippen LogP contribution in [-0.2, 0) is 13.5 Å². The van der Waals surface area contributed by atoms with Crippen molar-refractivity contribution in [3.05, 3.63) is 60.2 Å². The van der Waals surface area contributed by atoms with E-state index in [-0.39, 0.29) is 0 Å². The lowest BCUT2D eigenvalue weighted by molar-refractivity contribution is 0.693. The number of hydrogen-bond donors (Lipinski definition) is 1. The third kappa shape index (κ3) is 3.07. The van der Waals surface area contributed by atoms with Crippen LogP contribution in [0.25, 0.3) is 11.0 Å². The molecule has 0 saturated heterocycles. The van der Waals surface area contributed by atoms with Crippen LogP contribution in [-0.4, -0.2) is 15.6 Å². The maximum atomic E-state index is 4.66. The number of aromatic nitrogens is 2. The first-order valence-electron chi connectivity index (χ1n) is 7.46. The van der Waals surface area contributed by atoms with E-state index in [1.807, 2.05) is 12.1 Å². The Hall–Kier alpha value is -2.29. The first kappa shape index (κ1) is 13.7. The molecule has 0 bridgehead atoms. The van der Waals surface area contributed by atoms with Gasteiger partial charge in [0.15, 0.2) is 0 Å². The number of fused-ring (bicyclic) bond motifs is 1. The van der Waals surface area contributed by atoms with Gasteiger partial charge in [-0.1, -0.05) is 42.5 Å². The Kier molecular flexibility index (Phi) is 3.91. The molecule has 3 nitrogen and oxygen atoms in total. The van der Waals surface area contributed by atoms with Crippen molar-refractivity contribution in [2.45, 2.75) is 25.8 Å². The molecule has 0 amide bonds. The number of aryl methyl sites for hydroxylation is 2. The van der Waals surface area contributed by atoms with E-state index in [4.69, 9.17) is 0 Å². The number of nitrogens with one attached hydrogen (secondary N) is 1. The molecule has 1 aromatic heterocycles. The molecule has 0 saturated carbocycles. The van der Waals surface area contributed by atoms with Crippen molar-refractivity contribution in [2.75, 3.05) is 5.32 Å². The average molecular weight is 279 g/mol. The average Bonchev–Trinajstić information content (AvgIpc) is 2.83. The zero-order valence-corrected chi connectivity index (χ0v) is 12.6. The quantitative estimate of drug-likeness (QED) is 0.765. The lowest BCUT2D eigenvalue weighted by atomic mass is 10.1. The van der Waals surface area contributed by atoms with Gasteiger partial charge >= 0.3 is 0 Å². The molecule has 1 atom stereocenters. The number of hydrogen-bond acceptors (Lipinski definition) is 2. The predicted octanol–water partition coefficient (Wildman–Crippen LogP) is 4.01. The van der Waals surface area contributed by atoms with Crippen molar-refractivity contribution in [3.63, 3.8) is 0 Å². The van der Waals surface area contributed by atoms with E-state index in [0.717, 1.165) is 29.8 Å². The molecule has 0 fully saturated rings. The highest BCUT2D eigenvalue weighted by Gasteiger charge is 2.09. The molecular formula is C18H21N3. The molecule has 1 N–H and O–H groups in total. The molecule has 0 aliphatic heterocycles. The molecule has 0 aliphatic rings. The topological polar surface area (TPSA) is 29.9 Å². The summed E-state index contributed by atoms with van der Waals surface area (Å²) in [4.78, 5) is 4.66. The predicted molar refractivity (Wildman–Crippen MR) is 88.6 cm³/mol. The summed E-state index contributed by atoms with van der Waals surface area (Å²) in [5, 5.41) is 3.52. The molecule has 3 rings (SSSR count). The van der Waals surface area contributed by atoms with Crippen LogP contribution in [0.5, 0.6) is 0 Å². The number of para-hydroxylation sites is 2. The second kappa shape index (κ2) is 6.00. The van der Waals surface area contributed by atoms with E-state index < -0.39 is 0 Å². The minimum absolute atomic E-state index is 0.390. The second-order valence-corrected chi connectivity index (χ2v) is 5.55. The molecule has 0 spiro atoms. The fourth-order valence-electron chi connectivity index (χ4n) is 2.60. The molecule has 1 unspecified atom stereocenters. The van der Waals surface area contributed by atoms with Gasteiger partial charge in [-0.25, -0.2) is 4.98 Å². The SMILES string of the molecule is CC(CCc1ccccc1)Nc1nc2ccccc2n1C. The van der Waals surface area contributed by atoms with Gasteiger partial charge in [0.2, 0.25) is 5.95 Å². The smallest absolute Gasteiger partial charge is 0.203 e. The summed E-state index contributed by atoms with van der Waals surface area (Å²) < 4.78 is 2.12. The standard InChI is InChI=1S/C18H21N3/c1-14(12-13-15-8-4-3-5-9-15)19-18-20-16-10-6-7-11-17(16)21(18)2/h3-11,14H,12-13H2,1-2H3,(H,19,20). The molecular weight excluding hydrogens is 258 g/mol. The first-order valence-corrected chi connectivity index (χ1v) is 7.46. The van der Waals surface area contributed by atoms with Gasteiger partial charge in [-0.15, -0.1) is 0 Å². The largest absolute Gasteiger partial charge is 0.353 e. The molecule has 3 heteroatoms. The third-order valence-corrected chi connectivity index (χ3v) is 3.87. The van der Waals surface area contributed by atoms with E-state index in [2.05, 4.69) is 71.3 Å². The van der Waals surface area contributed by atoms with Gasteiger partial charge < -0.3 is 9.88 Å². The number of rotatable bonds is 5. The van der Waals surface area contributed by atoms with E-state index in [1.54, 1.807) is 0 Å². The number of imidazole rings is 1. The lowest BCUT2D eigenvalue weighted by Crippen LogP contribution is -2.18. The maximum Gasteiger partial charge on any atom is 0.203 e. The van der Waals surface area contributed by atoms with Crippen LogP contribution in [0.3, 0.4) is 0 Å². The van der Waals surface area contributed by atoms with Crippen molar-refractivity contribution in [2.24, 2.45) is 7.05 Å². The maximum absolute atomic E-state index is 4.66. The van der Waals surface area contributed by atoms with Gasteiger partial charge in [0.05, 0.1) is 11.0 Å². The van der Waals surface area contributed by atoms with Gasteiger partial charge in [0.1, 0.15) is 0 Å². The van der Waals surface area contributed by atoms with Gasteiger partial charge in [-0.05, 0) is 37.5 Å². The highest BCUT2D eigenvalue weighted by Crippen LogP contribution is 2.18. The van der Waals surface area contributed by atoms with Crippen LogP contribution in [0.2, 0.25) is 0 Å². The zero-order valence-electron chi connectivity index (χ0n) is 12.6. The van der Waals surface area contributed by atoms with Crippen molar-refractivity contribution in [1.82, 2.24) is 9.55 Å². The highest BCUT2D eigenvalue weighted by molar-refractivity contribution is 5.78. The Bertz CT molecular complexity index is 716. The highest BCUT2D eigenvalue weighted by atomic mass is 15.2. The summed E-state index contributed by atoms with van der Waals surface area (Å²) in [5.74, 6) is 0.941. The molecule has 108 valence electrons. The number of anilines is 1. The van der Waals surface area contributed by atoms with E-state index in [0.29, 0.717) is 6.04 Å². The van der Waals surface area contributed by atoms with Gasteiger partial charge in [0, 0.05) is 13.1 Å². The Balaban J connectivity index is 1.66. The lowest BCUT2D eigenvalue weighted by Gasteiger charge is -2.14. The van der Waals surface area contributed by atoms with Crippen molar-refractivity contribution in [3.8, 4) is 0 Å². The fraction of sp³-hybridized carbons (Fsp3) is 0.278. The summed E-state index contributed by atoms with van der Waals surface area (Å²) in [6.07, 6.45) is 2.17. The minimum Gasteiger partial charge on any atom is -0.353 e. The van der Waals surface area contributed by atoms with Crippen LogP contribution in [0, 0.1) is 0 Å². The van der Waals surface area contributed by atoms with E-state index in [1.165, 1.54) is 5.56 Å². The molecule has 0 aliphatic carbocycles. The monoisotopic (exact) mass is 279 g/mol. The Morgan fingerprint density at radius 1 is 1.05 bits per heavy atom. The Morgan fingerprint density at radius 2 is 1.76 bits per heavy atom. The number of nitrogens with zero attached hydrogens (tertiary/aromatic N) is 2.